The van der Waals surface area contributed by atoms with Crippen LogP contribution in [0.5, 0.6) is 0 Å². The second-order valence-electron chi connectivity index (χ2n) is 11.8. The molecule has 0 saturated carbocycles. The van der Waals surface area contributed by atoms with Gasteiger partial charge in [-0.3, -0.25) is 0 Å². The van der Waals surface area contributed by atoms with E-state index in [1.54, 1.807) is 40.4 Å². The fourth-order valence-electron chi connectivity index (χ4n) is 7.45. The van der Waals surface area contributed by atoms with Crippen LogP contribution in [0.4, 0.5) is 4.39 Å². The SMILES string of the molecule is CCc1c2c(n(S(=O)(=O)c3ccccc3)c1C)CCC(CCN1CCC(C3(c4ccc(F)cc4)OCCO3)CC1)C2. The molecule has 1 unspecified atom stereocenters. The highest BCUT2D eigenvalue weighted by molar-refractivity contribution is 7.90. The van der Waals surface area contributed by atoms with E-state index < -0.39 is 15.8 Å². The maximum Gasteiger partial charge on any atom is 0.268 e. The third-order valence-corrected chi connectivity index (χ3v) is 11.4. The third-order valence-electron chi connectivity index (χ3n) is 9.56. The summed E-state index contributed by atoms with van der Waals surface area (Å²) in [4.78, 5) is 2.90. The third kappa shape index (κ3) is 5.29. The van der Waals surface area contributed by atoms with Crippen molar-refractivity contribution < 1.29 is 22.3 Å². The van der Waals surface area contributed by atoms with Gasteiger partial charge in [-0.25, -0.2) is 16.8 Å². The standard InChI is InChI=1S/C33H41FN2O4S/c1-3-30-24(2)36(41(37,38)29-7-5-4-6-8-29)32-14-9-25(23-31(30)32)15-18-35-19-16-27(17-20-35)33(39-21-22-40-33)26-10-12-28(34)13-11-26/h4-8,10-13,25,27H,3,9,14-23H2,1-2H3. The predicted molar refractivity (Wildman–Crippen MR) is 157 cm³/mol. The molecule has 0 spiro atoms. The molecule has 1 aliphatic carbocycles. The van der Waals surface area contributed by atoms with Crippen molar-refractivity contribution in [3.8, 4) is 0 Å². The normalized spacial score (nSPS) is 21.7. The lowest BCUT2D eigenvalue weighted by atomic mass is 9.82. The smallest absolute Gasteiger partial charge is 0.268 e. The second kappa shape index (κ2) is 11.6. The average molecular weight is 581 g/mol. The van der Waals surface area contributed by atoms with Crippen molar-refractivity contribution >= 4 is 10.0 Å². The van der Waals surface area contributed by atoms with Crippen LogP contribution in [0, 0.1) is 24.6 Å². The van der Waals surface area contributed by atoms with Crippen molar-refractivity contribution in [1.29, 1.82) is 0 Å². The van der Waals surface area contributed by atoms with Gasteiger partial charge in [-0.2, -0.15) is 0 Å². The Kier molecular flexibility index (Phi) is 8.11. The van der Waals surface area contributed by atoms with Crippen molar-refractivity contribution in [2.75, 3.05) is 32.8 Å². The van der Waals surface area contributed by atoms with Crippen LogP contribution in [0.1, 0.15) is 60.7 Å². The van der Waals surface area contributed by atoms with Gasteiger partial charge in [0, 0.05) is 22.9 Å². The minimum atomic E-state index is -3.62. The zero-order valence-corrected chi connectivity index (χ0v) is 25.0. The number of piperidine rings is 1. The van der Waals surface area contributed by atoms with E-state index in [1.807, 2.05) is 13.0 Å². The monoisotopic (exact) mass is 580 g/mol. The molecule has 2 aromatic carbocycles. The van der Waals surface area contributed by atoms with Crippen molar-refractivity contribution in [2.24, 2.45) is 11.8 Å². The first-order chi connectivity index (χ1) is 19.8. The quantitative estimate of drug-likeness (QED) is 0.335. The van der Waals surface area contributed by atoms with E-state index in [0.717, 1.165) is 81.5 Å². The molecule has 2 saturated heterocycles. The average Bonchev–Trinajstić information content (AvgIpc) is 3.60. The molecule has 0 radical (unpaired) electrons. The number of ether oxygens (including phenoxy) is 2. The molecule has 6 nitrogen and oxygen atoms in total. The van der Waals surface area contributed by atoms with Gasteiger partial charge in [-0.05, 0) is 113 Å². The van der Waals surface area contributed by atoms with E-state index in [0.29, 0.717) is 24.0 Å². The van der Waals surface area contributed by atoms with Crippen LogP contribution in [0.15, 0.2) is 59.5 Å². The molecule has 2 aliphatic heterocycles. The number of benzene rings is 2. The molecule has 6 rings (SSSR count). The van der Waals surface area contributed by atoms with E-state index in [2.05, 4.69) is 11.8 Å². The minimum absolute atomic E-state index is 0.241. The highest BCUT2D eigenvalue weighted by Gasteiger charge is 2.47. The maximum atomic E-state index is 13.6. The van der Waals surface area contributed by atoms with Gasteiger partial charge in [0.15, 0.2) is 5.79 Å². The van der Waals surface area contributed by atoms with Crippen molar-refractivity contribution in [2.45, 2.75) is 69.5 Å². The van der Waals surface area contributed by atoms with Gasteiger partial charge in [0.1, 0.15) is 5.82 Å². The lowest BCUT2D eigenvalue weighted by Gasteiger charge is -2.41. The highest BCUT2D eigenvalue weighted by Crippen LogP contribution is 2.44. The molecule has 220 valence electrons. The van der Waals surface area contributed by atoms with Crippen LogP contribution in [0.3, 0.4) is 0 Å². The van der Waals surface area contributed by atoms with Crippen LogP contribution < -0.4 is 0 Å². The number of halogens is 1. The van der Waals surface area contributed by atoms with Crippen LogP contribution >= 0.6 is 0 Å². The number of aromatic nitrogens is 1. The Morgan fingerprint density at radius 2 is 1.66 bits per heavy atom. The Morgan fingerprint density at radius 3 is 2.32 bits per heavy atom. The topological polar surface area (TPSA) is 60.8 Å². The molecular formula is C33H41FN2O4S. The molecule has 1 aromatic heterocycles. The van der Waals surface area contributed by atoms with Crippen LogP contribution in [-0.4, -0.2) is 50.1 Å². The molecular weight excluding hydrogens is 539 g/mol. The number of rotatable bonds is 8. The number of fused-ring (bicyclic) bond motifs is 1. The van der Waals surface area contributed by atoms with Crippen LogP contribution in [0.25, 0.3) is 0 Å². The summed E-state index contributed by atoms with van der Waals surface area (Å²) in [5.41, 5.74) is 5.23. The van der Waals surface area contributed by atoms with E-state index in [9.17, 15) is 12.8 Å². The Balaban J connectivity index is 1.10. The van der Waals surface area contributed by atoms with Crippen LogP contribution in [-0.2, 0) is 44.5 Å². The zero-order valence-electron chi connectivity index (χ0n) is 24.1. The number of nitrogens with zero attached hydrogens (tertiary/aromatic N) is 2. The molecule has 3 heterocycles. The largest absolute Gasteiger partial charge is 0.343 e. The van der Waals surface area contributed by atoms with E-state index in [1.165, 1.54) is 23.3 Å². The number of hydrogen-bond donors (Lipinski definition) is 0. The summed E-state index contributed by atoms with van der Waals surface area (Å²) >= 11 is 0. The van der Waals surface area contributed by atoms with E-state index >= 15 is 0 Å². The van der Waals surface area contributed by atoms with Gasteiger partial charge in [-0.15, -0.1) is 0 Å². The van der Waals surface area contributed by atoms with Gasteiger partial charge in [0.25, 0.3) is 10.0 Å². The predicted octanol–water partition coefficient (Wildman–Crippen LogP) is 5.84. The summed E-state index contributed by atoms with van der Waals surface area (Å²) in [5.74, 6) is -0.221. The van der Waals surface area contributed by atoms with Gasteiger partial charge in [-0.1, -0.05) is 37.3 Å². The summed E-state index contributed by atoms with van der Waals surface area (Å²) in [5, 5.41) is 0. The molecule has 2 fully saturated rings. The molecule has 3 aliphatic rings. The summed E-state index contributed by atoms with van der Waals surface area (Å²) in [6, 6.07) is 15.4. The first kappa shape index (κ1) is 28.6. The van der Waals surface area contributed by atoms with Crippen molar-refractivity contribution in [3.63, 3.8) is 0 Å². The molecule has 1 atom stereocenters. The molecule has 8 heteroatoms. The molecule has 41 heavy (non-hydrogen) atoms. The van der Waals surface area contributed by atoms with E-state index in [-0.39, 0.29) is 11.7 Å². The molecule has 0 bridgehead atoms. The molecule has 3 aromatic rings. The zero-order chi connectivity index (χ0) is 28.6. The Labute approximate surface area is 243 Å². The lowest BCUT2D eigenvalue weighted by Crippen LogP contribution is -2.44. The summed E-state index contributed by atoms with van der Waals surface area (Å²) in [7, 11) is -3.62. The fraction of sp³-hybridized carbons (Fsp3) is 0.515. The molecule has 0 amide bonds. The van der Waals surface area contributed by atoms with Crippen molar-refractivity contribution in [1.82, 2.24) is 8.87 Å². The van der Waals surface area contributed by atoms with Gasteiger partial charge in [0.2, 0.25) is 0 Å². The second-order valence-corrected chi connectivity index (χ2v) is 13.6. The Morgan fingerprint density at radius 1 is 0.976 bits per heavy atom. The number of hydrogen-bond acceptors (Lipinski definition) is 5. The number of likely N-dealkylation sites (tertiary alicyclic amines) is 1. The summed E-state index contributed by atoms with van der Waals surface area (Å²) in [6.07, 6.45) is 6.66. The Bertz CT molecular complexity index is 1460. The summed E-state index contributed by atoms with van der Waals surface area (Å²) < 4.78 is 54.9. The lowest BCUT2D eigenvalue weighted by molar-refractivity contribution is -0.214. The van der Waals surface area contributed by atoms with Crippen molar-refractivity contribution in [3.05, 3.63) is 88.5 Å². The maximum absolute atomic E-state index is 13.6. The summed E-state index contributed by atoms with van der Waals surface area (Å²) in [6.45, 7) is 8.25. The van der Waals surface area contributed by atoms with E-state index in [4.69, 9.17) is 9.47 Å². The first-order valence-corrected chi connectivity index (χ1v) is 16.6. The molecule has 0 N–H and O–H groups in total. The fourth-order valence-corrected chi connectivity index (χ4v) is 9.13. The Hall–Kier alpha value is -2.52. The van der Waals surface area contributed by atoms with Gasteiger partial charge in [0.05, 0.1) is 18.1 Å². The van der Waals surface area contributed by atoms with Gasteiger partial charge >= 0.3 is 0 Å². The van der Waals surface area contributed by atoms with Crippen LogP contribution in [0.2, 0.25) is 0 Å². The first-order valence-electron chi connectivity index (χ1n) is 15.1. The highest BCUT2D eigenvalue weighted by atomic mass is 32.2. The van der Waals surface area contributed by atoms with Gasteiger partial charge < -0.3 is 14.4 Å². The minimum Gasteiger partial charge on any atom is -0.343 e.